The summed E-state index contributed by atoms with van der Waals surface area (Å²) >= 11 is 3.61. The molecule has 0 atom stereocenters. The molecule has 6 aromatic rings. The number of hydrogen-bond donors (Lipinski definition) is 2. The highest BCUT2D eigenvalue weighted by Gasteiger charge is 2.18. The van der Waals surface area contributed by atoms with E-state index in [1.807, 2.05) is 65.2 Å². The number of benzene rings is 3. The first-order valence-electron chi connectivity index (χ1n) is 12.4. The highest BCUT2D eigenvalue weighted by molar-refractivity contribution is 9.10. The number of hydrogen-bond acceptors (Lipinski definition) is 6. The lowest BCUT2D eigenvalue weighted by molar-refractivity contribution is 0.412. The predicted molar refractivity (Wildman–Crippen MR) is 160 cm³/mol. The first kappa shape index (κ1) is 24.6. The Balaban J connectivity index is 1.40. The zero-order valence-corrected chi connectivity index (χ0v) is 22.8. The molecule has 0 fully saturated rings. The highest BCUT2D eigenvalue weighted by Crippen LogP contribution is 2.33. The molecular formula is C31H25BrN6O. The molecule has 0 radical (unpaired) electrons. The summed E-state index contributed by atoms with van der Waals surface area (Å²) in [7, 11) is 1.66. The molecule has 3 aromatic carbocycles. The van der Waals surface area contributed by atoms with E-state index in [-0.39, 0.29) is 0 Å². The van der Waals surface area contributed by atoms with Crippen molar-refractivity contribution in [3.8, 4) is 34.1 Å². The molecule has 3 N–H and O–H groups in total. The van der Waals surface area contributed by atoms with Gasteiger partial charge in [0.15, 0.2) is 11.5 Å². The maximum atomic E-state index is 6.29. The molecule has 0 spiro atoms. The average Bonchev–Trinajstić information content (AvgIpc) is 3.36. The molecule has 0 unspecified atom stereocenters. The molecule has 0 amide bonds. The Morgan fingerprint density at radius 2 is 1.69 bits per heavy atom. The maximum absolute atomic E-state index is 6.29. The number of pyridine rings is 2. The third-order valence-corrected chi connectivity index (χ3v) is 7.33. The predicted octanol–water partition coefficient (Wildman–Crippen LogP) is 7.11. The number of ether oxygens (including phenoxy) is 1. The van der Waals surface area contributed by atoms with Gasteiger partial charge >= 0.3 is 0 Å². The number of fused-ring (bicyclic) bond motifs is 1. The zero-order valence-electron chi connectivity index (χ0n) is 21.2. The van der Waals surface area contributed by atoms with E-state index in [2.05, 4.69) is 62.6 Å². The molecule has 39 heavy (non-hydrogen) atoms. The van der Waals surface area contributed by atoms with Gasteiger partial charge in [-0.05, 0) is 70.0 Å². The number of imidazole rings is 1. The van der Waals surface area contributed by atoms with E-state index in [1.165, 1.54) is 0 Å². The molecule has 0 aliphatic heterocycles. The fourth-order valence-corrected chi connectivity index (χ4v) is 5.09. The Morgan fingerprint density at radius 1 is 0.872 bits per heavy atom. The summed E-state index contributed by atoms with van der Waals surface area (Å²) in [6, 6.07) is 32.2. The van der Waals surface area contributed by atoms with Crippen LogP contribution in [-0.2, 0) is 6.54 Å². The van der Waals surface area contributed by atoms with Crippen molar-refractivity contribution in [2.75, 3.05) is 18.2 Å². The average molecular weight is 577 g/mol. The van der Waals surface area contributed by atoms with Crippen LogP contribution < -0.4 is 15.8 Å². The van der Waals surface area contributed by atoms with Gasteiger partial charge in [-0.2, -0.15) is 0 Å². The van der Waals surface area contributed by atoms with Crippen LogP contribution in [0.5, 0.6) is 5.75 Å². The largest absolute Gasteiger partial charge is 0.495 e. The summed E-state index contributed by atoms with van der Waals surface area (Å²) in [5.74, 6) is 1.90. The van der Waals surface area contributed by atoms with Gasteiger partial charge in [0.2, 0.25) is 0 Å². The number of nitrogens with one attached hydrogen (secondary N) is 1. The van der Waals surface area contributed by atoms with Crippen molar-refractivity contribution >= 4 is 38.6 Å². The summed E-state index contributed by atoms with van der Waals surface area (Å²) in [6.07, 6.45) is 1.68. The number of aromatic nitrogens is 4. The second-order valence-electron chi connectivity index (χ2n) is 8.95. The molecular weight excluding hydrogens is 552 g/mol. The number of nitrogens with zero attached hydrogens (tertiary/aromatic N) is 4. The number of anilines is 2. The van der Waals surface area contributed by atoms with Crippen LogP contribution in [0, 0.1) is 0 Å². The molecule has 6 rings (SSSR count). The summed E-state index contributed by atoms with van der Waals surface area (Å²) < 4.78 is 8.35. The van der Waals surface area contributed by atoms with Crippen LogP contribution in [0.15, 0.2) is 108 Å². The Kier molecular flexibility index (Phi) is 6.69. The number of nitrogens with two attached hydrogens (primary N) is 1. The van der Waals surface area contributed by atoms with E-state index in [0.29, 0.717) is 18.2 Å². The number of methoxy groups -OCH3 is 1. The fourth-order valence-electron chi connectivity index (χ4n) is 4.52. The van der Waals surface area contributed by atoms with Gasteiger partial charge in [0.05, 0.1) is 28.5 Å². The van der Waals surface area contributed by atoms with E-state index in [1.54, 1.807) is 13.3 Å². The van der Waals surface area contributed by atoms with Gasteiger partial charge in [-0.1, -0.05) is 48.5 Å². The van der Waals surface area contributed by atoms with Gasteiger partial charge in [-0.3, -0.25) is 4.57 Å². The molecule has 8 heteroatoms. The minimum absolute atomic E-state index is 0.419. The van der Waals surface area contributed by atoms with Gasteiger partial charge in [-0.15, -0.1) is 0 Å². The SMILES string of the molecule is COc1cccc(NCc2ccc(-n3c(-c4cccnc4N)nc4ccc(-c5ccccc5)nc43)cc2)c1Br. The van der Waals surface area contributed by atoms with Crippen molar-refractivity contribution in [2.45, 2.75) is 6.54 Å². The second-order valence-corrected chi connectivity index (χ2v) is 9.75. The molecule has 7 nitrogen and oxygen atoms in total. The van der Waals surface area contributed by atoms with Crippen molar-refractivity contribution in [1.29, 1.82) is 0 Å². The van der Waals surface area contributed by atoms with Crippen LogP contribution in [0.3, 0.4) is 0 Å². The van der Waals surface area contributed by atoms with Gasteiger partial charge < -0.3 is 15.8 Å². The van der Waals surface area contributed by atoms with E-state index >= 15 is 0 Å². The number of rotatable bonds is 7. The Bertz CT molecular complexity index is 1770. The minimum Gasteiger partial charge on any atom is -0.495 e. The third-order valence-electron chi connectivity index (χ3n) is 6.51. The first-order valence-corrected chi connectivity index (χ1v) is 13.2. The quantitative estimate of drug-likeness (QED) is 0.210. The highest BCUT2D eigenvalue weighted by atomic mass is 79.9. The smallest absolute Gasteiger partial charge is 0.165 e. The van der Waals surface area contributed by atoms with Crippen molar-refractivity contribution in [3.63, 3.8) is 0 Å². The number of nitrogen functional groups attached to an aromatic ring is 1. The summed E-state index contributed by atoms with van der Waals surface area (Å²) in [5, 5.41) is 3.47. The molecule has 0 aliphatic carbocycles. The Morgan fingerprint density at radius 3 is 2.46 bits per heavy atom. The van der Waals surface area contributed by atoms with Gasteiger partial charge in [0, 0.05) is 24.0 Å². The molecule has 0 aliphatic rings. The summed E-state index contributed by atoms with van der Waals surface area (Å²) in [5.41, 5.74) is 13.5. The van der Waals surface area contributed by atoms with Gasteiger partial charge in [0.25, 0.3) is 0 Å². The van der Waals surface area contributed by atoms with Crippen molar-refractivity contribution in [1.82, 2.24) is 19.5 Å². The zero-order chi connectivity index (χ0) is 26.8. The van der Waals surface area contributed by atoms with Gasteiger partial charge in [0.1, 0.15) is 17.1 Å². The molecule has 3 heterocycles. The topological polar surface area (TPSA) is 90.9 Å². The van der Waals surface area contributed by atoms with Crippen LogP contribution in [0.1, 0.15) is 5.56 Å². The van der Waals surface area contributed by atoms with Crippen LogP contribution >= 0.6 is 15.9 Å². The number of halogens is 1. The van der Waals surface area contributed by atoms with Crippen LogP contribution in [-0.4, -0.2) is 26.6 Å². The standard InChI is InChI=1S/C31H25BrN6O/c1-39-27-11-5-10-25(28(27)32)35-19-20-12-14-22(15-13-20)38-30(23-9-6-18-34-29(23)33)37-26-17-16-24(36-31(26)38)21-7-3-2-4-8-21/h2-18,35H,19H2,1H3,(H2,33,34). The van der Waals surface area contributed by atoms with Crippen molar-refractivity contribution in [2.24, 2.45) is 0 Å². The normalized spacial score (nSPS) is 11.0. The van der Waals surface area contributed by atoms with Gasteiger partial charge in [-0.25, -0.2) is 15.0 Å². The molecule has 0 saturated carbocycles. The Hall–Kier alpha value is -4.69. The summed E-state index contributed by atoms with van der Waals surface area (Å²) in [6.45, 7) is 0.648. The first-order chi connectivity index (χ1) is 19.1. The van der Waals surface area contributed by atoms with E-state index in [4.69, 9.17) is 20.4 Å². The van der Waals surface area contributed by atoms with E-state index < -0.39 is 0 Å². The lowest BCUT2D eigenvalue weighted by atomic mass is 10.1. The third kappa shape index (κ3) is 4.82. The minimum atomic E-state index is 0.419. The monoisotopic (exact) mass is 576 g/mol. The molecule has 0 bridgehead atoms. The second kappa shape index (κ2) is 10.6. The fraction of sp³-hybridized carbons (Fsp3) is 0.0645. The van der Waals surface area contributed by atoms with E-state index in [0.717, 1.165) is 55.1 Å². The van der Waals surface area contributed by atoms with Crippen molar-refractivity contribution in [3.05, 3.63) is 113 Å². The van der Waals surface area contributed by atoms with Crippen molar-refractivity contribution < 1.29 is 4.74 Å². The lowest BCUT2D eigenvalue weighted by Gasteiger charge is -2.13. The molecule has 0 saturated heterocycles. The molecule has 192 valence electrons. The van der Waals surface area contributed by atoms with Crippen LogP contribution in [0.2, 0.25) is 0 Å². The van der Waals surface area contributed by atoms with Crippen LogP contribution in [0.4, 0.5) is 11.5 Å². The van der Waals surface area contributed by atoms with E-state index in [9.17, 15) is 0 Å². The summed E-state index contributed by atoms with van der Waals surface area (Å²) in [4.78, 5) is 14.3. The van der Waals surface area contributed by atoms with Crippen LogP contribution in [0.25, 0.3) is 39.5 Å². The maximum Gasteiger partial charge on any atom is 0.165 e. The lowest BCUT2D eigenvalue weighted by Crippen LogP contribution is -2.04. The Labute approximate surface area is 234 Å². The molecule has 3 aromatic heterocycles.